The predicted molar refractivity (Wildman–Crippen MR) is 106 cm³/mol. The number of rotatable bonds is 5. The summed E-state index contributed by atoms with van der Waals surface area (Å²) < 4.78 is 11.1. The van der Waals surface area contributed by atoms with E-state index < -0.39 is 0 Å². The summed E-state index contributed by atoms with van der Waals surface area (Å²) in [6.07, 6.45) is 0. The van der Waals surface area contributed by atoms with E-state index in [0.29, 0.717) is 0 Å². The number of aryl methyl sites for hydroxylation is 4. The van der Waals surface area contributed by atoms with E-state index in [1.54, 1.807) is 0 Å². The van der Waals surface area contributed by atoms with E-state index in [1.165, 1.54) is 5.56 Å². The van der Waals surface area contributed by atoms with Gasteiger partial charge < -0.3 is 9.47 Å². The zero-order chi connectivity index (χ0) is 19.5. The van der Waals surface area contributed by atoms with Gasteiger partial charge in [-0.15, -0.1) is 0 Å². The monoisotopic (exact) mass is 354 g/mol. The lowest BCUT2D eigenvalue weighted by atomic mass is 9.84. The second kappa shape index (κ2) is 7.94. The summed E-state index contributed by atoms with van der Waals surface area (Å²) in [5, 5.41) is 0. The first-order valence-electron chi connectivity index (χ1n) is 9.04. The maximum Gasteiger partial charge on any atom is 0.344 e. The number of hydrogen-bond acceptors (Lipinski definition) is 3. The molecule has 0 heterocycles. The topological polar surface area (TPSA) is 35.5 Å². The quantitative estimate of drug-likeness (QED) is 0.680. The maximum atomic E-state index is 12.1. The van der Waals surface area contributed by atoms with Gasteiger partial charge >= 0.3 is 5.97 Å². The largest absolute Gasteiger partial charge is 0.482 e. The highest BCUT2D eigenvalue weighted by Gasteiger charge is 2.17. The van der Waals surface area contributed by atoms with Crippen molar-refractivity contribution in [3.8, 4) is 5.75 Å². The molecule has 0 aromatic heterocycles. The molecule has 0 N–H and O–H groups in total. The minimum atomic E-state index is -0.357. The van der Waals surface area contributed by atoms with Crippen LogP contribution in [0.5, 0.6) is 5.75 Å². The van der Waals surface area contributed by atoms with Crippen LogP contribution >= 0.6 is 0 Å². The highest BCUT2D eigenvalue weighted by molar-refractivity contribution is 5.71. The van der Waals surface area contributed by atoms with Crippen LogP contribution in [0.4, 0.5) is 0 Å². The molecule has 3 nitrogen and oxygen atoms in total. The molecule has 0 aliphatic heterocycles. The molecule has 0 bridgehead atoms. The van der Waals surface area contributed by atoms with Crippen molar-refractivity contribution in [3.63, 3.8) is 0 Å². The Kier molecular flexibility index (Phi) is 6.12. The fourth-order valence-corrected chi connectivity index (χ4v) is 2.85. The third kappa shape index (κ3) is 5.10. The molecule has 0 radical (unpaired) electrons. The Morgan fingerprint density at radius 2 is 1.54 bits per heavy atom. The Morgan fingerprint density at radius 1 is 0.923 bits per heavy atom. The average Bonchev–Trinajstić information content (AvgIpc) is 2.54. The van der Waals surface area contributed by atoms with Crippen LogP contribution in [0.25, 0.3) is 0 Å². The van der Waals surface area contributed by atoms with E-state index in [-0.39, 0.29) is 24.6 Å². The SMILES string of the molecule is Cc1ccc(C)c(OCC(=O)OCc2c(C)cc(C(C)(C)C)cc2C)c1. The third-order valence-electron chi connectivity index (χ3n) is 4.63. The lowest BCUT2D eigenvalue weighted by molar-refractivity contribution is -0.147. The van der Waals surface area contributed by atoms with Crippen LogP contribution in [0.2, 0.25) is 0 Å². The molecule has 0 aliphatic rings. The van der Waals surface area contributed by atoms with Crippen LogP contribution in [0, 0.1) is 27.7 Å². The average molecular weight is 354 g/mol. The van der Waals surface area contributed by atoms with Crippen molar-refractivity contribution in [2.75, 3.05) is 6.61 Å². The zero-order valence-electron chi connectivity index (χ0n) is 17.0. The Hall–Kier alpha value is -2.29. The van der Waals surface area contributed by atoms with Crippen molar-refractivity contribution in [2.45, 2.75) is 60.5 Å². The van der Waals surface area contributed by atoms with Gasteiger partial charge in [0, 0.05) is 0 Å². The fraction of sp³-hybridized carbons (Fsp3) is 0.435. The summed E-state index contributed by atoms with van der Waals surface area (Å²) in [5.74, 6) is 0.369. The molecule has 26 heavy (non-hydrogen) atoms. The second-order valence-corrected chi connectivity index (χ2v) is 8.06. The molecule has 140 valence electrons. The van der Waals surface area contributed by atoms with Gasteiger partial charge in [0.2, 0.25) is 0 Å². The molecule has 2 rings (SSSR count). The number of carbonyl (C=O) groups excluding carboxylic acids is 1. The van der Waals surface area contributed by atoms with Gasteiger partial charge in [0.05, 0.1) is 0 Å². The van der Waals surface area contributed by atoms with Crippen LogP contribution in [0.1, 0.15) is 54.2 Å². The summed E-state index contributed by atoms with van der Waals surface area (Å²) in [6, 6.07) is 10.3. The molecule has 0 atom stereocenters. The molecule has 0 spiro atoms. The molecular formula is C23H30O3. The molecular weight excluding hydrogens is 324 g/mol. The molecule has 0 amide bonds. The van der Waals surface area contributed by atoms with Crippen molar-refractivity contribution in [1.82, 2.24) is 0 Å². The van der Waals surface area contributed by atoms with E-state index in [1.807, 2.05) is 32.0 Å². The predicted octanol–water partition coefficient (Wildman–Crippen LogP) is 5.34. The van der Waals surface area contributed by atoms with E-state index in [9.17, 15) is 4.79 Å². The first-order chi connectivity index (χ1) is 12.1. The second-order valence-electron chi connectivity index (χ2n) is 8.06. The van der Waals surface area contributed by atoms with Gasteiger partial charge in [-0.2, -0.15) is 0 Å². The minimum absolute atomic E-state index is 0.0809. The molecule has 3 heteroatoms. The Labute approximate surface area is 157 Å². The molecule has 0 saturated carbocycles. The summed E-state index contributed by atoms with van der Waals surface area (Å²) in [7, 11) is 0. The highest BCUT2D eigenvalue weighted by atomic mass is 16.6. The summed E-state index contributed by atoms with van der Waals surface area (Å²) in [5.41, 5.74) is 6.87. The van der Waals surface area contributed by atoms with Crippen LogP contribution in [-0.4, -0.2) is 12.6 Å². The Balaban J connectivity index is 1.98. The number of benzene rings is 2. The smallest absolute Gasteiger partial charge is 0.344 e. The number of hydrogen-bond donors (Lipinski definition) is 0. The number of ether oxygens (including phenoxy) is 2. The molecule has 2 aromatic carbocycles. The normalized spacial score (nSPS) is 11.3. The molecule has 0 saturated heterocycles. The van der Waals surface area contributed by atoms with Crippen molar-refractivity contribution in [1.29, 1.82) is 0 Å². The Bertz CT molecular complexity index is 775. The van der Waals surface area contributed by atoms with Crippen LogP contribution in [0.3, 0.4) is 0 Å². The summed E-state index contributed by atoms with van der Waals surface area (Å²) >= 11 is 0. The van der Waals surface area contributed by atoms with Crippen molar-refractivity contribution in [3.05, 3.63) is 63.7 Å². The van der Waals surface area contributed by atoms with Crippen LogP contribution < -0.4 is 4.74 Å². The molecule has 0 unspecified atom stereocenters. The molecule has 0 fully saturated rings. The van der Waals surface area contributed by atoms with Gasteiger partial charge in [-0.25, -0.2) is 4.79 Å². The molecule has 0 aliphatic carbocycles. The van der Waals surface area contributed by atoms with E-state index in [2.05, 4.69) is 46.8 Å². The van der Waals surface area contributed by atoms with Crippen molar-refractivity contribution >= 4 is 5.97 Å². The van der Waals surface area contributed by atoms with Crippen molar-refractivity contribution < 1.29 is 14.3 Å². The fourth-order valence-electron chi connectivity index (χ4n) is 2.85. The lowest BCUT2D eigenvalue weighted by Gasteiger charge is -2.22. The summed E-state index contributed by atoms with van der Waals surface area (Å²) in [4.78, 5) is 12.1. The van der Waals surface area contributed by atoms with Gasteiger partial charge in [-0.1, -0.05) is 45.0 Å². The van der Waals surface area contributed by atoms with E-state index in [4.69, 9.17) is 9.47 Å². The lowest BCUT2D eigenvalue weighted by Crippen LogP contribution is -2.17. The van der Waals surface area contributed by atoms with Gasteiger partial charge in [0.1, 0.15) is 12.4 Å². The Morgan fingerprint density at radius 3 is 2.12 bits per heavy atom. The number of esters is 1. The van der Waals surface area contributed by atoms with Crippen LogP contribution in [0.15, 0.2) is 30.3 Å². The van der Waals surface area contributed by atoms with Crippen LogP contribution in [-0.2, 0) is 21.6 Å². The number of carbonyl (C=O) groups is 1. The van der Waals surface area contributed by atoms with Gasteiger partial charge in [-0.3, -0.25) is 0 Å². The third-order valence-corrected chi connectivity index (χ3v) is 4.63. The van der Waals surface area contributed by atoms with E-state index in [0.717, 1.165) is 33.6 Å². The highest BCUT2D eigenvalue weighted by Crippen LogP contribution is 2.27. The zero-order valence-corrected chi connectivity index (χ0v) is 17.0. The summed E-state index contributed by atoms with van der Waals surface area (Å²) in [6.45, 7) is 14.9. The van der Waals surface area contributed by atoms with Gasteiger partial charge in [-0.05, 0) is 72.6 Å². The first kappa shape index (κ1) is 20.0. The first-order valence-corrected chi connectivity index (χ1v) is 9.04. The van der Waals surface area contributed by atoms with E-state index >= 15 is 0 Å². The maximum absolute atomic E-state index is 12.1. The standard InChI is InChI=1S/C23H30O3/c1-15-8-9-16(2)21(10-15)25-14-22(24)26-13-20-17(3)11-19(12-18(20)4)23(5,6)7/h8-12H,13-14H2,1-7H3. The molecule has 2 aromatic rings. The van der Waals surface area contributed by atoms with Crippen molar-refractivity contribution in [2.24, 2.45) is 0 Å². The van der Waals surface area contributed by atoms with Gasteiger partial charge in [0.25, 0.3) is 0 Å². The van der Waals surface area contributed by atoms with Gasteiger partial charge in [0.15, 0.2) is 6.61 Å². The minimum Gasteiger partial charge on any atom is -0.482 e.